The number of nitrogens with zero attached hydrogens (tertiary/aromatic N) is 1. The number of rotatable bonds is 3. The second kappa shape index (κ2) is 4.83. The Morgan fingerprint density at radius 2 is 2.00 bits per heavy atom. The Labute approximate surface area is 102 Å². The van der Waals surface area contributed by atoms with Crippen LogP contribution in [0.4, 0.5) is 4.39 Å². The van der Waals surface area contributed by atoms with Crippen molar-refractivity contribution in [1.82, 2.24) is 4.57 Å². The second-order valence-electron chi connectivity index (χ2n) is 3.75. The molecular weight excluding hydrogens is 237 g/mol. The summed E-state index contributed by atoms with van der Waals surface area (Å²) in [7, 11) is 0. The molecule has 0 radical (unpaired) electrons. The fourth-order valence-electron chi connectivity index (χ4n) is 1.64. The summed E-state index contributed by atoms with van der Waals surface area (Å²) < 4.78 is 15.2. The molecule has 5 heteroatoms. The molecule has 0 saturated heterocycles. The maximum Gasteiger partial charge on any atom is 0.338 e. The predicted molar refractivity (Wildman–Crippen MR) is 63.2 cm³/mol. The van der Waals surface area contributed by atoms with Crippen LogP contribution in [0.25, 0.3) is 0 Å². The van der Waals surface area contributed by atoms with E-state index in [1.807, 2.05) is 0 Å². The Kier molecular flexibility index (Phi) is 3.23. The van der Waals surface area contributed by atoms with Gasteiger partial charge in [-0.15, -0.1) is 0 Å². The monoisotopic (exact) mass is 247 g/mol. The van der Waals surface area contributed by atoms with Crippen molar-refractivity contribution in [3.63, 3.8) is 0 Å². The highest BCUT2D eigenvalue weighted by Gasteiger charge is 2.13. The molecule has 0 amide bonds. The number of carboxylic acids is 1. The minimum absolute atomic E-state index is 0.00657. The van der Waals surface area contributed by atoms with Crippen LogP contribution >= 0.6 is 0 Å². The minimum atomic E-state index is -1.32. The van der Waals surface area contributed by atoms with Gasteiger partial charge in [-0.1, -0.05) is 18.2 Å². The van der Waals surface area contributed by atoms with Gasteiger partial charge in [0.1, 0.15) is 5.82 Å². The van der Waals surface area contributed by atoms with Gasteiger partial charge in [-0.05, 0) is 12.1 Å². The van der Waals surface area contributed by atoms with Gasteiger partial charge in [0.05, 0.1) is 12.1 Å². The fourth-order valence-corrected chi connectivity index (χ4v) is 1.64. The van der Waals surface area contributed by atoms with Crippen molar-refractivity contribution >= 4 is 5.97 Å². The van der Waals surface area contributed by atoms with Crippen LogP contribution in [0.1, 0.15) is 15.9 Å². The molecule has 0 bridgehead atoms. The van der Waals surface area contributed by atoms with E-state index in [0.29, 0.717) is 0 Å². The zero-order valence-corrected chi connectivity index (χ0v) is 9.34. The molecule has 2 aromatic rings. The third-order valence-corrected chi connectivity index (χ3v) is 2.55. The van der Waals surface area contributed by atoms with Gasteiger partial charge in [0.25, 0.3) is 5.56 Å². The lowest BCUT2D eigenvalue weighted by Crippen LogP contribution is -2.19. The quantitative estimate of drug-likeness (QED) is 0.898. The number of aromatic nitrogens is 1. The first-order valence-corrected chi connectivity index (χ1v) is 5.26. The SMILES string of the molecule is O=C(O)c1cccc(Cn2ccccc2=O)c1F. The van der Waals surface area contributed by atoms with Crippen LogP contribution in [0.5, 0.6) is 0 Å². The zero-order valence-electron chi connectivity index (χ0n) is 9.34. The molecule has 92 valence electrons. The topological polar surface area (TPSA) is 59.3 Å². The lowest BCUT2D eigenvalue weighted by molar-refractivity contribution is 0.0691. The number of aromatic carboxylic acids is 1. The fraction of sp³-hybridized carbons (Fsp3) is 0.0769. The van der Waals surface area contributed by atoms with Gasteiger partial charge in [0.15, 0.2) is 0 Å². The number of halogens is 1. The lowest BCUT2D eigenvalue weighted by Gasteiger charge is -2.07. The Hall–Kier alpha value is -2.43. The molecule has 0 unspecified atom stereocenters. The summed E-state index contributed by atoms with van der Waals surface area (Å²) in [6.07, 6.45) is 1.52. The Morgan fingerprint density at radius 1 is 1.22 bits per heavy atom. The van der Waals surface area contributed by atoms with E-state index in [1.165, 1.54) is 35.0 Å². The van der Waals surface area contributed by atoms with Gasteiger partial charge in [0.2, 0.25) is 0 Å². The van der Waals surface area contributed by atoms with Crippen molar-refractivity contribution < 1.29 is 14.3 Å². The smallest absolute Gasteiger partial charge is 0.338 e. The predicted octanol–water partition coefficient (Wildman–Crippen LogP) is 1.73. The van der Waals surface area contributed by atoms with Crippen LogP contribution in [0.3, 0.4) is 0 Å². The van der Waals surface area contributed by atoms with E-state index in [4.69, 9.17) is 5.11 Å². The maximum absolute atomic E-state index is 13.8. The molecule has 0 aliphatic rings. The first kappa shape index (κ1) is 12.0. The highest BCUT2D eigenvalue weighted by Crippen LogP contribution is 2.13. The second-order valence-corrected chi connectivity index (χ2v) is 3.75. The van der Waals surface area contributed by atoms with E-state index in [-0.39, 0.29) is 17.7 Å². The van der Waals surface area contributed by atoms with Gasteiger partial charge in [0, 0.05) is 17.8 Å². The minimum Gasteiger partial charge on any atom is -0.478 e. The number of hydrogen-bond donors (Lipinski definition) is 1. The molecule has 4 nitrogen and oxygen atoms in total. The molecule has 1 aromatic heterocycles. The van der Waals surface area contributed by atoms with E-state index >= 15 is 0 Å². The van der Waals surface area contributed by atoms with E-state index in [2.05, 4.69) is 0 Å². The van der Waals surface area contributed by atoms with E-state index in [9.17, 15) is 14.0 Å². The molecule has 0 aliphatic carbocycles. The highest BCUT2D eigenvalue weighted by molar-refractivity contribution is 5.88. The van der Waals surface area contributed by atoms with Crippen LogP contribution in [0.2, 0.25) is 0 Å². The largest absolute Gasteiger partial charge is 0.478 e. The molecule has 0 spiro atoms. The molecule has 1 heterocycles. The standard InChI is InChI=1S/C13H10FNO3/c14-12-9(4-3-5-10(12)13(17)18)8-15-7-2-1-6-11(15)16/h1-7H,8H2,(H,17,18). The first-order valence-electron chi connectivity index (χ1n) is 5.26. The maximum atomic E-state index is 13.8. The summed E-state index contributed by atoms with van der Waals surface area (Å²) in [5, 5.41) is 8.80. The summed E-state index contributed by atoms with van der Waals surface area (Å²) >= 11 is 0. The Morgan fingerprint density at radius 3 is 2.67 bits per heavy atom. The summed E-state index contributed by atoms with van der Waals surface area (Å²) in [6, 6.07) is 8.70. The van der Waals surface area contributed by atoms with Crippen LogP contribution < -0.4 is 5.56 Å². The van der Waals surface area contributed by atoms with Crippen molar-refractivity contribution in [2.75, 3.05) is 0 Å². The van der Waals surface area contributed by atoms with Gasteiger partial charge in [-0.2, -0.15) is 0 Å². The average molecular weight is 247 g/mol. The van der Waals surface area contributed by atoms with Gasteiger partial charge < -0.3 is 9.67 Å². The van der Waals surface area contributed by atoms with E-state index in [1.54, 1.807) is 12.1 Å². The molecular formula is C13H10FNO3. The zero-order chi connectivity index (χ0) is 13.1. The van der Waals surface area contributed by atoms with E-state index in [0.717, 1.165) is 0 Å². The third-order valence-electron chi connectivity index (χ3n) is 2.55. The summed E-state index contributed by atoms with van der Waals surface area (Å²) in [5.41, 5.74) is -0.489. The van der Waals surface area contributed by atoms with Gasteiger partial charge in [-0.3, -0.25) is 4.79 Å². The number of pyridine rings is 1. The van der Waals surface area contributed by atoms with Gasteiger partial charge >= 0.3 is 5.97 Å². The molecule has 0 atom stereocenters. The Balaban J connectivity index is 2.42. The molecule has 1 aromatic carbocycles. The number of carbonyl (C=O) groups is 1. The summed E-state index contributed by atoms with van der Waals surface area (Å²) in [6.45, 7) is 0.00657. The third kappa shape index (κ3) is 2.29. The van der Waals surface area contributed by atoms with Crippen molar-refractivity contribution in [3.8, 4) is 0 Å². The summed E-state index contributed by atoms with van der Waals surface area (Å²) in [4.78, 5) is 22.3. The normalized spacial score (nSPS) is 10.3. The van der Waals surface area contributed by atoms with Crippen LogP contribution in [-0.2, 0) is 6.54 Å². The van der Waals surface area contributed by atoms with Crippen molar-refractivity contribution in [1.29, 1.82) is 0 Å². The van der Waals surface area contributed by atoms with Crippen molar-refractivity contribution in [2.24, 2.45) is 0 Å². The molecule has 0 fully saturated rings. The van der Waals surface area contributed by atoms with Gasteiger partial charge in [-0.25, -0.2) is 9.18 Å². The Bertz CT molecular complexity index is 649. The molecule has 2 rings (SSSR count). The number of carboxylic acid groups (broad SMARTS) is 1. The lowest BCUT2D eigenvalue weighted by atomic mass is 10.1. The number of benzene rings is 1. The highest BCUT2D eigenvalue weighted by atomic mass is 19.1. The van der Waals surface area contributed by atoms with Crippen LogP contribution in [0.15, 0.2) is 47.4 Å². The molecule has 18 heavy (non-hydrogen) atoms. The van der Waals surface area contributed by atoms with Crippen molar-refractivity contribution in [2.45, 2.75) is 6.54 Å². The molecule has 0 saturated carbocycles. The molecule has 1 N–H and O–H groups in total. The summed E-state index contributed by atoms with van der Waals surface area (Å²) in [5.74, 6) is -2.13. The molecule has 0 aliphatic heterocycles. The average Bonchev–Trinajstić information content (AvgIpc) is 2.34. The van der Waals surface area contributed by atoms with Crippen LogP contribution in [0, 0.1) is 5.82 Å². The van der Waals surface area contributed by atoms with E-state index < -0.39 is 17.3 Å². The van der Waals surface area contributed by atoms with Crippen molar-refractivity contribution in [3.05, 3.63) is 69.9 Å². The van der Waals surface area contributed by atoms with Crippen LogP contribution in [-0.4, -0.2) is 15.6 Å². The number of hydrogen-bond acceptors (Lipinski definition) is 2. The first-order chi connectivity index (χ1) is 8.59.